The van der Waals surface area contributed by atoms with Crippen LogP contribution in [0.5, 0.6) is 0 Å². The number of nitrogens with one attached hydrogen (secondary N) is 1. The van der Waals surface area contributed by atoms with Gasteiger partial charge in [0, 0.05) is 24.3 Å². The van der Waals surface area contributed by atoms with Crippen LogP contribution in [-0.2, 0) is 22.3 Å². The number of halogens is 1. The van der Waals surface area contributed by atoms with Gasteiger partial charge in [-0.1, -0.05) is 23.7 Å². The summed E-state index contributed by atoms with van der Waals surface area (Å²) >= 11 is 5.89. The first-order valence-corrected chi connectivity index (χ1v) is 9.83. The molecule has 0 aliphatic carbocycles. The van der Waals surface area contributed by atoms with Crippen LogP contribution in [0.4, 0.5) is 5.82 Å². The Hall–Kier alpha value is -1.70. The molecule has 0 radical (unpaired) electrons. The smallest absolute Gasteiger partial charge is 0.216 e. The van der Waals surface area contributed by atoms with Gasteiger partial charge in [-0.05, 0) is 36.6 Å². The standard InChI is InChI=1S/C16H19ClN4O2S/c17-14-5-3-4-13(10-14)12-24(22,23)19-11-15-18-7-6-16(20-15)21-8-1-2-9-21/h3-7,10,19H,1-2,8-9,11-12H2. The zero-order valence-corrected chi connectivity index (χ0v) is 14.7. The average molecular weight is 367 g/mol. The minimum absolute atomic E-state index is 0.0740. The van der Waals surface area contributed by atoms with E-state index in [-0.39, 0.29) is 12.3 Å². The molecule has 0 atom stereocenters. The van der Waals surface area contributed by atoms with Crippen molar-refractivity contribution in [1.29, 1.82) is 0 Å². The lowest BCUT2D eigenvalue weighted by Gasteiger charge is -2.16. The van der Waals surface area contributed by atoms with Crippen LogP contribution in [0, 0.1) is 0 Å². The van der Waals surface area contributed by atoms with Crippen LogP contribution < -0.4 is 9.62 Å². The third kappa shape index (κ3) is 4.66. The molecule has 0 bridgehead atoms. The van der Waals surface area contributed by atoms with Gasteiger partial charge in [0.1, 0.15) is 11.6 Å². The molecular weight excluding hydrogens is 348 g/mol. The first-order valence-electron chi connectivity index (χ1n) is 7.80. The van der Waals surface area contributed by atoms with E-state index in [1.807, 2.05) is 6.07 Å². The molecule has 2 aromatic rings. The number of anilines is 1. The van der Waals surface area contributed by atoms with Gasteiger partial charge in [-0.2, -0.15) is 0 Å². The fraction of sp³-hybridized carbons (Fsp3) is 0.375. The molecule has 1 fully saturated rings. The Morgan fingerprint density at radius 3 is 2.75 bits per heavy atom. The van der Waals surface area contributed by atoms with Gasteiger partial charge in [0.05, 0.1) is 12.3 Å². The highest BCUT2D eigenvalue weighted by Gasteiger charge is 2.16. The SMILES string of the molecule is O=S(=O)(Cc1cccc(Cl)c1)NCc1nccc(N2CCCC2)n1. The van der Waals surface area contributed by atoms with Crippen LogP contribution in [0.15, 0.2) is 36.5 Å². The molecule has 3 rings (SSSR count). The molecule has 1 aromatic carbocycles. The molecule has 128 valence electrons. The lowest BCUT2D eigenvalue weighted by molar-refractivity contribution is 0.578. The van der Waals surface area contributed by atoms with Crippen molar-refractivity contribution in [3.05, 3.63) is 52.9 Å². The maximum absolute atomic E-state index is 12.2. The highest BCUT2D eigenvalue weighted by atomic mass is 35.5. The van der Waals surface area contributed by atoms with Crippen LogP contribution in [-0.4, -0.2) is 31.5 Å². The second-order valence-corrected chi connectivity index (χ2v) is 7.98. The fourth-order valence-electron chi connectivity index (χ4n) is 2.67. The van der Waals surface area contributed by atoms with Crippen LogP contribution in [0.25, 0.3) is 0 Å². The number of sulfonamides is 1. The van der Waals surface area contributed by atoms with Crippen molar-refractivity contribution in [2.45, 2.75) is 25.1 Å². The van der Waals surface area contributed by atoms with Crippen molar-refractivity contribution < 1.29 is 8.42 Å². The molecule has 0 amide bonds. The summed E-state index contributed by atoms with van der Waals surface area (Å²) in [5, 5.41) is 0.518. The first kappa shape index (κ1) is 17.1. The maximum Gasteiger partial charge on any atom is 0.216 e. The van der Waals surface area contributed by atoms with Crippen molar-refractivity contribution in [3.8, 4) is 0 Å². The highest BCUT2D eigenvalue weighted by molar-refractivity contribution is 7.88. The van der Waals surface area contributed by atoms with Gasteiger partial charge in [0.2, 0.25) is 10.0 Å². The van der Waals surface area contributed by atoms with Gasteiger partial charge in [0.25, 0.3) is 0 Å². The summed E-state index contributed by atoms with van der Waals surface area (Å²) < 4.78 is 27.0. The van der Waals surface area contributed by atoms with E-state index in [0.717, 1.165) is 31.7 Å². The lowest BCUT2D eigenvalue weighted by Crippen LogP contribution is -2.26. The molecule has 0 spiro atoms. The van der Waals surface area contributed by atoms with Gasteiger partial charge >= 0.3 is 0 Å². The topological polar surface area (TPSA) is 75.2 Å². The summed E-state index contributed by atoms with van der Waals surface area (Å²) in [5.41, 5.74) is 0.640. The Morgan fingerprint density at radius 2 is 2.00 bits per heavy atom. The van der Waals surface area contributed by atoms with E-state index >= 15 is 0 Å². The summed E-state index contributed by atoms with van der Waals surface area (Å²) in [6, 6.07) is 8.68. The second-order valence-electron chi connectivity index (χ2n) is 5.74. The fourth-order valence-corrected chi connectivity index (χ4v) is 3.95. The van der Waals surface area contributed by atoms with E-state index in [1.54, 1.807) is 30.5 Å². The van der Waals surface area contributed by atoms with E-state index in [9.17, 15) is 8.42 Å². The molecule has 1 saturated heterocycles. The van der Waals surface area contributed by atoms with E-state index in [1.165, 1.54) is 0 Å². The molecule has 2 heterocycles. The van der Waals surface area contributed by atoms with Crippen LogP contribution in [0.3, 0.4) is 0 Å². The zero-order valence-electron chi connectivity index (χ0n) is 13.2. The van der Waals surface area contributed by atoms with Gasteiger partial charge in [-0.15, -0.1) is 0 Å². The number of rotatable bonds is 6. The predicted octanol–water partition coefficient (Wildman–Crippen LogP) is 2.35. The summed E-state index contributed by atoms with van der Waals surface area (Å²) in [6.07, 6.45) is 3.98. The van der Waals surface area contributed by atoms with Crippen LogP contribution >= 0.6 is 11.6 Å². The quantitative estimate of drug-likeness (QED) is 0.849. The minimum Gasteiger partial charge on any atom is -0.357 e. The van der Waals surface area contributed by atoms with Gasteiger partial charge < -0.3 is 4.90 Å². The second kappa shape index (κ2) is 7.46. The van der Waals surface area contributed by atoms with E-state index < -0.39 is 10.0 Å². The van der Waals surface area contributed by atoms with E-state index in [0.29, 0.717) is 16.4 Å². The Bertz CT molecular complexity index is 807. The molecule has 1 aliphatic rings. The lowest BCUT2D eigenvalue weighted by atomic mass is 10.2. The van der Waals surface area contributed by atoms with Crippen molar-refractivity contribution in [2.75, 3.05) is 18.0 Å². The Balaban J connectivity index is 1.63. The molecule has 0 saturated carbocycles. The summed E-state index contributed by atoms with van der Waals surface area (Å²) in [7, 11) is -3.48. The largest absolute Gasteiger partial charge is 0.357 e. The average Bonchev–Trinajstić information content (AvgIpc) is 3.07. The van der Waals surface area contributed by atoms with Gasteiger partial charge in [-0.3, -0.25) is 0 Å². The molecule has 8 heteroatoms. The molecule has 0 unspecified atom stereocenters. The number of benzene rings is 1. The number of aromatic nitrogens is 2. The first-order chi connectivity index (χ1) is 11.5. The molecular formula is C16H19ClN4O2S. The Labute approximate surface area is 146 Å². The van der Waals surface area contributed by atoms with Crippen molar-refractivity contribution in [1.82, 2.24) is 14.7 Å². The Morgan fingerprint density at radius 1 is 1.21 bits per heavy atom. The van der Waals surface area contributed by atoms with Crippen molar-refractivity contribution >= 4 is 27.4 Å². The molecule has 1 N–H and O–H groups in total. The molecule has 1 aliphatic heterocycles. The Kier molecular flexibility index (Phi) is 5.33. The third-order valence-electron chi connectivity index (χ3n) is 3.82. The summed E-state index contributed by atoms with van der Waals surface area (Å²) in [4.78, 5) is 10.8. The normalized spacial score (nSPS) is 15.0. The predicted molar refractivity (Wildman–Crippen MR) is 94.4 cm³/mol. The summed E-state index contributed by atoms with van der Waals surface area (Å²) in [5.74, 6) is 1.19. The van der Waals surface area contributed by atoms with Gasteiger partial charge in [0.15, 0.2) is 0 Å². The van der Waals surface area contributed by atoms with Crippen LogP contribution in [0.1, 0.15) is 24.2 Å². The van der Waals surface area contributed by atoms with E-state index in [4.69, 9.17) is 11.6 Å². The molecule has 24 heavy (non-hydrogen) atoms. The summed E-state index contributed by atoms with van der Waals surface area (Å²) in [6.45, 7) is 2.04. The number of nitrogens with zero attached hydrogens (tertiary/aromatic N) is 3. The number of hydrogen-bond donors (Lipinski definition) is 1. The zero-order chi connectivity index (χ0) is 17.0. The number of hydrogen-bond acceptors (Lipinski definition) is 5. The molecule has 1 aromatic heterocycles. The third-order valence-corrected chi connectivity index (χ3v) is 5.35. The van der Waals surface area contributed by atoms with Crippen molar-refractivity contribution in [3.63, 3.8) is 0 Å². The highest BCUT2D eigenvalue weighted by Crippen LogP contribution is 2.17. The monoisotopic (exact) mass is 366 g/mol. The van der Waals surface area contributed by atoms with Crippen LogP contribution in [0.2, 0.25) is 5.02 Å². The molecule has 6 nitrogen and oxygen atoms in total. The van der Waals surface area contributed by atoms with Crippen molar-refractivity contribution in [2.24, 2.45) is 0 Å². The van der Waals surface area contributed by atoms with E-state index in [2.05, 4.69) is 19.6 Å². The maximum atomic E-state index is 12.2. The van der Waals surface area contributed by atoms with Gasteiger partial charge in [-0.25, -0.2) is 23.1 Å². The minimum atomic E-state index is -3.48.